The van der Waals surface area contributed by atoms with Crippen molar-refractivity contribution in [1.82, 2.24) is 25.4 Å². The van der Waals surface area contributed by atoms with E-state index >= 15 is 0 Å². The second-order valence-corrected chi connectivity index (χ2v) is 5.93. The first kappa shape index (κ1) is 16.2. The Morgan fingerprint density at radius 1 is 1.27 bits per heavy atom. The zero-order valence-electron chi connectivity index (χ0n) is 14.4. The summed E-state index contributed by atoms with van der Waals surface area (Å²) in [5.74, 6) is 0.214. The molecule has 0 bridgehead atoms. The Labute approximate surface area is 149 Å². The van der Waals surface area contributed by atoms with E-state index in [9.17, 15) is 4.39 Å². The van der Waals surface area contributed by atoms with Crippen LogP contribution < -0.4 is 5.32 Å². The maximum absolute atomic E-state index is 13.7. The number of hydrogen-bond acceptors (Lipinski definition) is 7. The molecule has 0 amide bonds. The lowest BCUT2D eigenvalue weighted by atomic mass is 10.2. The zero-order chi connectivity index (χ0) is 18.1. The van der Waals surface area contributed by atoms with Crippen LogP contribution in [-0.4, -0.2) is 44.7 Å². The normalized spacial score (nSPS) is 19.0. The summed E-state index contributed by atoms with van der Waals surface area (Å²) >= 11 is 0. The zero-order valence-corrected chi connectivity index (χ0v) is 14.4. The van der Waals surface area contributed by atoms with Gasteiger partial charge in [-0.15, -0.1) is 0 Å². The van der Waals surface area contributed by atoms with Gasteiger partial charge in [0.2, 0.25) is 0 Å². The van der Waals surface area contributed by atoms with Crippen LogP contribution in [-0.2, 0) is 11.3 Å². The van der Waals surface area contributed by atoms with Crippen molar-refractivity contribution in [3.63, 3.8) is 0 Å². The number of rotatable bonds is 4. The first-order valence-electron chi connectivity index (χ1n) is 8.28. The van der Waals surface area contributed by atoms with Gasteiger partial charge in [0.1, 0.15) is 23.5 Å². The number of nitrogens with zero attached hydrogens (tertiary/aromatic N) is 5. The van der Waals surface area contributed by atoms with Crippen molar-refractivity contribution < 1.29 is 9.13 Å². The van der Waals surface area contributed by atoms with E-state index in [1.807, 2.05) is 24.9 Å². The van der Waals surface area contributed by atoms with Crippen LogP contribution in [0, 0.1) is 5.82 Å². The van der Waals surface area contributed by atoms with Crippen LogP contribution in [0.3, 0.4) is 0 Å². The van der Waals surface area contributed by atoms with Crippen LogP contribution in [0.5, 0.6) is 0 Å². The molecule has 0 saturated heterocycles. The molecule has 4 rings (SSSR count). The maximum atomic E-state index is 13.7. The Morgan fingerprint density at radius 3 is 2.88 bits per heavy atom. The number of fused-ring (bicyclic) bond motifs is 1. The van der Waals surface area contributed by atoms with Gasteiger partial charge in [-0.05, 0) is 19.9 Å². The molecule has 1 unspecified atom stereocenters. The molecule has 0 spiro atoms. The maximum Gasteiger partial charge on any atom is 0.291 e. The van der Waals surface area contributed by atoms with E-state index in [0.29, 0.717) is 30.6 Å². The number of aromatic amines is 1. The molecule has 9 heteroatoms. The van der Waals surface area contributed by atoms with Crippen LogP contribution in [0.15, 0.2) is 52.2 Å². The van der Waals surface area contributed by atoms with E-state index in [1.165, 1.54) is 12.3 Å². The van der Waals surface area contributed by atoms with Gasteiger partial charge in [-0.2, -0.15) is 5.10 Å². The van der Waals surface area contributed by atoms with Crippen LogP contribution in [0.1, 0.15) is 25.0 Å². The van der Waals surface area contributed by atoms with Crippen molar-refractivity contribution >= 4 is 11.9 Å². The molecule has 0 aliphatic carbocycles. The number of hydrogen-bond donors (Lipinski definition) is 2. The van der Waals surface area contributed by atoms with Gasteiger partial charge in [0.25, 0.3) is 6.02 Å². The molecule has 8 nitrogen and oxygen atoms in total. The third-order valence-corrected chi connectivity index (χ3v) is 4.12. The van der Waals surface area contributed by atoms with Crippen LogP contribution in [0.4, 0.5) is 4.39 Å². The molecule has 2 aromatic rings. The Balaban J connectivity index is 1.75. The molecule has 2 aliphatic heterocycles. The Hall–Kier alpha value is -3.23. The van der Waals surface area contributed by atoms with Crippen molar-refractivity contribution in [3.05, 3.63) is 59.2 Å². The van der Waals surface area contributed by atoms with E-state index in [4.69, 9.17) is 9.73 Å². The average Bonchev–Trinajstić information content (AvgIpc) is 3.25. The van der Waals surface area contributed by atoms with Gasteiger partial charge >= 0.3 is 0 Å². The summed E-state index contributed by atoms with van der Waals surface area (Å²) in [7, 11) is 0. The fraction of sp³-hybridized carbons (Fsp3) is 0.294. The number of pyridine rings is 1. The van der Waals surface area contributed by atoms with Gasteiger partial charge in [0.15, 0.2) is 0 Å². The molecular formula is C17H18FN7O. The second-order valence-electron chi connectivity index (χ2n) is 5.93. The predicted molar refractivity (Wildman–Crippen MR) is 93.5 cm³/mol. The molecule has 0 aromatic carbocycles. The van der Waals surface area contributed by atoms with Gasteiger partial charge in [-0.3, -0.25) is 10.1 Å². The van der Waals surface area contributed by atoms with Crippen molar-refractivity contribution in [2.45, 2.75) is 26.6 Å². The number of amidine groups is 2. The van der Waals surface area contributed by atoms with Gasteiger partial charge < -0.3 is 15.0 Å². The highest BCUT2D eigenvalue weighted by Crippen LogP contribution is 2.30. The number of aliphatic imine (C=N–C) groups is 2. The molecule has 0 fully saturated rings. The van der Waals surface area contributed by atoms with Gasteiger partial charge in [-0.25, -0.2) is 14.4 Å². The third kappa shape index (κ3) is 2.92. The fourth-order valence-electron chi connectivity index (χ4n) is 3.00. The first-order valence-corrected chi connectivity index (χ1v) is 8.28. The highest BCUT2D eigenvalue weighted by molar-refractivity contribution is 6.01. The molecule has 2 N–H and O–H groups in total. The van der Waals surface area contributed by atoms with Crippen LogP contribution in [0.25, 0.3) is 0 Å². The summed E-state index contributed by atoms with van der Waals surface area (Å²) in [5.41, 5.74) is 3.11. The highest BCUT2D eigenvalue weighted by atomic mass is 19.1. The fourth-order valence-corrected chi connectivity index (χ4v) is 3.00. The quantitative estimate of drug-likeness (QED) is 0.872. The largest absolute Gasteiger partial charge is 0.465 e. The number of nitrogens with one attached hydrogen (secondary N) is 2. The molecule has 134 valence electrons. The van der Waals surface area contributed by atoms with Crippen molar-refractivity contribution in [2.24, 2.45) is 9.98 Å². The molecule has 2 aromatic heterocycles. The van der Waals surface area contributed by atoms with E-state index in [-0.39, 0.29) is 6.17 Å². The number of allylic oxidation sites excluding steroid dienone is 1. The minimum atomic E-state index is -0.409. The van der Waals surface area contributed by atoms with E-state index in [2.05, 4.69) is 25.5 Å². The lowest BCUT2D eigenvalue weighted by Gasteiger charge is -2.31. The molecule has 1 atom stereocenters. The SMILES string of the molecule is CCOC1=NC(C)=C2N=C(c3cncc(F)c3)N(Cc3cn[nH]c3)C2N1. The van der Waals surface area contributed by atoms with Crippen LogP contribution >= 0.6 is 0 Å². The summed E-state index contributed by atoms with van der Waals surface area (Å²) in [5, 5.41) is 10.1. The van der Waals surface area contributed by atoms with E-state index < -0.39 is 5.82 Å². The predicted octanol–water partition coefficient (Wildman–Crippen LogP) is 1.76. The van der Waals surface area contributed by atoms with Gasteiger partial charge in [0.05, 0.1) is 24.7 Å². The molecule has 26 heavy (non-hydrogen) atoms. The third-order valence-electron chi connectivity index (χ3n) is 4.12. The number of ether oxygens (including phenoxy) is 1. The smallest absolute Gasteiger partial charge is 0.291 e. The Morgan fingerprint density at radius 2 is 2.15 bits per heavy atom. The molecule has 2 aliphatic rings. The van der Waals surface area contributed by atoms with Crippen LogP contribution in [0.2, 0.25) is 0 Å². The number of aromatic nitrogens is 3. The van der Waals surface area contributed by atoms with Crippen molar-refractivity contribution in [2.75, 3.05) is 6.61 Å². The molecular weight excluding hydrogens is 337 g/mol. The van der Waals surface area contributed by atoms with E-state index in [0.717, 1.165) is 17.0 Å². The number of H-pyrrole nitrogens is 1. The molecule has 0 radical (unpaired) electrons. The van der Waals surface area contributed by atoms with E-state index in [1.54, 1.807) is 12.4 Å². The highest BCUT2D eigenvalue weighted by Gasteiger charge is 2.37. The summed E-state index contributed by atoms with van der Waals surface area (Å²) in [4.78, 5) is 15.1. The lowest BCUT2D eigenvalue weighted by Crippen LogP contribution is -2.50. The van der Waals surface area contributed by atoms with Gasteiger partial charge in [-0.1, -0.05) is 0 Å². The minimum Gasteiger partial charge on any atom is -0.465 e. The Kier molecular flexibility index (Phi) is 4.11. The summed E-state index contributed by atoms with van der Waals surface area (Å²) in [6.45, 7) is 4.82. The van der Waals surface area contributed by atoms with Crippen molar-refractivity contribution in [1.29, 1.82) is 0 Å². The number of halogens is 1. The lowest BCUT2D eigenvalue weighted by molar-refractivity contribution is 0.268. The monoisotopic (exact) mass is 355 g/mol. The average molecular weight is 355 g/mol. The second kappa shape index (κ2) is 6.58. The molecule has 4 heterocycles. The summed E-state index contributed by atoms with van der Waals surface area (Å²) in [6, 6.07) is 1.87. The molecule has 0 saturated carbocycles. The summed E-state index contributed by atoms with van der Waals surface area (Å²) in [6.07, 6.45) is 6.07. The van der Waals surface area contributed by atoms with Crippen molar-refractivity contribution in [3.8, 4) is 0 Å². The summed E-state index contributed by atoms with van der Waals surface area (Å²) < 4.78 is 19.3. The standard InChI is InChI=1S/C17H18FN7O/c1-3-26-17-22-10(2)14-16(24-17)25(9-11-5-20-21-6-11)15(23-14)12-4-13(18)8-19-7-12/h4-8,16H,3,9H2,1-2H3,(H,20,21)(H,22,24). The van der Waals surface area contributed by atoms with Gasteiger partial charge in [0, 0.05) is 30.1 Å². The Bertz CT molecular complexity index is 904. The topological polar surface area (TPSA) is 90.8 Å². The first-order chi connectivity index (χ1) is 12.7. The minimum absolute atomic E-state index is 0.262.